The van der Waals surface area contributed by atoms with Gasteiger partial charge in [0.25, 0.3) is 0 Å². The van der Waals surface area contributed by atoms with Gasteiger partial charge in [-0.3, -0.25) is 4.79 Å². The number of ketones is 1. The van der Waals surface area contributed by atoms with Gasteiger partial charge in [0.15, 0.2) is 17.3 Å². The van der Waals surface area contributed by atoms with Crippen molar-refractivity contribution in [2.45, 2.75) is 13.0 Å². The van der Waals surface area contributed by atoms with Crippen molar-refractivity contribution < 1.29 is 24.1 Å². The van der Waals surface area contributed by atoms with E-state index in [4.69, 9.17) is 14.2 Å². The Balaban J connectivity index is 1.65. The standard InChI is InChI=1S/C25H24O5/c1-28-22-8-5-9-23(16-22)30-17-20-7-4-3-6-19(20)15-21(26)12-10-18-11-13-25(29-2)24(27)14-18/h3-14,16,27H,15,17H2,1-2H3/b12-10+. The van der Waals surface area contributed by atoms with Crippen molar-refractivity contribution in [2.75, 3.05) is 14.2 Å². The summed E-state index contributed by atoms with van der Waals surface area (Å²) in [6.45, 7) is 0.354. The molecule has 0 radical (unpaired) electrons. The summed E-state index contributed by atoms with van der Waals surface area (Å²) in [6, 6.07) is 20.1. The second-order valence-electron chi connectivity index (χ2n) is 6.64. The third kappa shape index (κ3) is 5.64. The maximum Gasteiger partial charge on any atom is 0.160 e. The van der Waals surface area contributed by atoms with Crippen LogP contribution in [0.2, 0.25) is 0 Å². The predicted octanol–water partition coefficient (Wildman–Crippen LogP) is 4.81. The minimum Gasteiger partial charge on any atom is -0.504 e. The van der Waals surface area contributed by atoms with Gasteiger partial charge in [0.1, 0.15) is 18.1 Å². The largest absolute Gasteiger partial charge is 0.504 e. The van der Waals surface area contributed by atoms with Gasteiger partial charge in [-0.15, -0.1) is 0 Å². The maximum atomic E-state index is 12.5. The van der Waals surface area contributed by atoms with Gasteiger partial charge >= 0.3 is 0 Å². The third-order valence-electron chi connectivity index (χ3n) is 4.58. The Bertz CT molecular complexity index is 1040. The van der Waals surface area contributed by atoms with Crippen LogP contribution in [0.15, 0.2) is 72.8 Å². The summed E-state index contributed by atoms with van der Waals surface area (Å²) in [4.78, 5) is 12.5. The molecular weight excluding hydrogens is 380 g/mol. The summed E-state index contributed by atoms with van der Waals surface area (Å²) in [6.07, 6.45) is 3.45. The van der Waals surface area contributed by atoms with Crippen LogP contribution >= 0.6 is 0 Å². The van der Waals surface area contributed by atoms with Gasteiger partial charge < -0.3 is 19.3 Å². The first kappa shape index (κ1) is 21.0. The molecule has 3 aromatic carbocycles. The van der Waals surface area contributed by atoms with E-state index in [9.17, 15) is 9.90 Å². The lowest BCUT2D eigenvalue weighted by molar-refractivity contribution is -0.113. The first-order valence-electron chi connectivity index (χ1n) is 9.50. The summed E-state index contributed by atoms with van der Waals surface area (Å²) in [5.74, 6) is 1.81. The molecule has 0 spiro atoms. The molecule has 3 aromatic rings. The fourth-order valence-electron chi connectivity index (χ4n) is 2.97. The average Bonchev–Trinajstić information content (AvgIpc) is 2.77. The van der Waals surface area contributed by atoms with Crippen LogP contribution in [-0.2, 0) is 17.8 Å². The number of hydrogen-bond acceptors (Lipinski definition) is 5. The van der Waals surface area contributed by atoms with Crippen LogP contribution < -0.4 is 14.2 Å². The zero-order valence-electron chi connectivity index (χ0n) is 17.0. The molecular formula is C25H24O5. The quantitative estimate of drug-likeness (QED) is 0.518. The van der Waals surface area contributed by atoms with Crippen LogP contribution in [0.5, 0.6) is 23.0 Å². The summed E-state index contributed by atoms with van der Waals surface area (Å²) in [5.41, 5.74) is 2.58. The van der Waals surface area contributed by atoms with Crippen LogP contribution in [0.1, 0.15) is 16.7 Å². The Kier molecular flexibility index (Phi) is 7.11. The monoisotopic (exact) mass is 404 g/mol. The van der Waals surface area contributed by atoms with Crippen molar-refractivity contribution in [2.24, 2.45) is 0 Å². The minimum atomic E-state index is -0.0425. The molecule has 0 aliphatic rings. The van der Waals surface area contributed by atoms with E-state index in [1.54, 1.807) is 31.4 Å². The van der Waals surface area contributed by atoms with Gasteiger partial charge in [-0.2, -0.15) is 0 Å². The number of aromatic hydroxyl groups is 1. The van der Waals surface area contributed by atoms with Gasteiger partial charge in [-0.25, -0.2) is 0 Å². The Morgan fingerprint density at radius 2 is 1.67 bits per heavy atom. The lowest BCUT2D eigenvalue weighted by atomic mass is 10.0. The predicted molar refractivity (Wildman–Crippen MR) is 116 cm³/mol. The van der Waals surface area contributed by atoms with E-state index in [0.717, 1.165) is 22.4 Å². The summed E-state index contributed by atoms with van der Waals surface area (Å²) < 4.78 is 16.1. The number of carbonyl (C=O) groups is 1. The molecule has 5 heteroatoms. The fourth-order valence-corrected chi connectivity index (χ4v) is 2.97. The number of rotatable bonds is 9. The summed E-state index contributed by atoms with van der Waals surface area (Å²) in [7, 11) is 3.10. The van der Waals surface area contributed by atoms with E-state index in [1.807, 2.05) is 48.5 Å². The topological polar surface area (TPSA) is 65.0 Å². The zero-order valence-corrected chi connectivity index (χ0v) is 17.0. The van der Waals surface area contributed by atoms with E-state index in [2.05, 4.69) is 0 Å². The molecule has 5 nitrogen and oxygen atoms in total. The highest BCUT2D eigenvalue weighted by Crippen LogP contribution is 2.26. The number of methoxy groups -OCH3 is 2. The van der Waals surface area contributed by atoms with E-state index in [0.29, 0.717) is 18.1 Å². The molecule has 0 atom stereocenters. The average molecular weight is 404 g/mol. The van der Waals surface area contributed by atoms with Crippen molar-refractivity contribution >= 4 is 11.9 Å². The van der Waals surface area contributed by atoms with Crippen molar-refractivity contribution in [1.29, 1.82) is 0 Å². The molecule has 154 valence electrons. The van der Waals surface area contributed by atoms with E-state index in [1.165, 1.54) is 13.2 Å². The molecule has 0 aliphatic heterocycles. The first-order valence-corrected chi connectivity index (χ1v) is 9.50. The minimum absolute atomic E-state index is 0.0344. The highest BCUT2D eigenvalue weighted by molar-refractivity contribution is 5.95. The Morgan fingerprint density at radius 1 is 0.900 bits per heavy atom. The molecule has 0 amide bonds. The van der Waals surface area contributed by atoms with Crippen LogP contribution in [0.25, 0.3) is 6.08 Å². The van der Waals surface area contributed by atoms with E-state index < -0.39 is 0 Å². The van der Waals surface area contributed by atoms with Crippen LogP contribution in [-0.4, -0.2) is 25.1 Å². The Morgan fingerprint density at radius 3 is 2.40 bits per heavy atom. The lowest BCUT2D eigenvalue weighted by Gasteiger charge is -2.11. The first-order chi connectivity index (χ1) is 14.6. The van der Waals surface area contributed by atoms with Gasteiger partial charge in [0.2, 0.25) is 0 Å². The normalized spacial score (nSPS) is 10.7. The highest BCUT2D eigenvalue weighted by atomic mass is 16.5. The van der Waals surface area contributed by atoms with Crippen molar-refractivity contribution in [3.63, 3.8) is 0 Å². The molecule has 30 heavy (non-hydrogen) atoms. The van der Waals surface area contributed by atoms with Gasteiger partial charge in [-0.1, -0.05) is 42.5 Å². The van der Waals surface area contributed by atoms with E-state index >= 15 is 0 Å². The number of ether oxygens (including phenoxy) is 3. The second-order valence-corrected chi connectivity index (χ2v) is 6.64. The molecule has 1 N–H and O–H groups in total. The number of hydrogen-bond donors (Lipinski definition) is 1. The molecule has 0 saturated carbocycles. The number of phenolic OH excluding ortho intramolecular Hbond substituents is 1. The number of benzene rings is 3. The zero-order chi connectivity index (χ0) is 21.3. The summed E-state index contributed by atoms with van der Waals surface area (Å²) in [5, 5.41) is 9.85. The molecule has 0 fully saturated rings. The second kappa shape index (κ2) is 10.2. The van der Waals surface area contributed by atoms with Crippen LogP contribution in [0, 0.1) is 0 Å². The molecule has 3 rings (SSSR count). The Labute approximate surface area is 176 Å². The van der Waals surface area contributed by atoms with Crippen LogP contribution in [0.3, 0.4) is 0 Å². The summed E-state index contributed by atoms with van der Waals surface area (Å²) >= 11 is 0. The highest BCUT2D eigenvalue weighted by Gasteiger charge is 2.08. The number of carbonyl (C=O) groups excluding carboxylic acids is 1. The Hall–Kier alpha value is -3.73. The number of phenols is 1. The van der Waals surface area contributed by atoms with Crippen molar-refractivity contribution in [3.8, 4) is 23.0 Å². The smallest absolute Gasteiger partial charge is 0.160 e. The van der Waals surface area contributed by atoms with Gasteiger partial charge in [0, 0.05) is 12.5 Å². The maximum absolute atomic E-state index is 12.5. The third-order valence-corrected chi connectivity index (χ3v) is 4.58. The van der Waals surface area contributed by atoms with Crippen molar-refractivity contribution in [3.05, 3.63) is 89.5 Å². The van der Waals surface area contributed by atoms with Crippen molar-refractivity contribution in [1.82, 2.24) is 0 Å². The molecule has 0 bridgehead atoms. The van der Waals surface area contributed by atoms with Crippen LogP contribution in [0.4, 0.5) is 0 Å². The lowest BCUT2D eigenvalue weighted by Crippen LogP contribution is -2.05. The molecule has 0 aromatic heterocycles. The molecule has 0 heterocycles. The SMILES string of the molecule is COc1cccc(OCc2ccccc2CC(=O)/C=C/c2ccc(OC)c(O)c2)c1. The molecule has 0 saturated heterocycles. The van der Waals surface area contributed by atoms with Gasteiger partial charge in [0.05, 0.1) is 14.2 Å². The molecule has 0 unspecified atom stereocenters. The van der Waals surface area contributed by atoms with E-state index in [-0.39, 0.29) is 18.0 Å². The molecule has 0 aliphatic carbocycles. The number of allylic oxidation sites excluding steroid dienone is 1. The van der Waals surface area contributed by atoms with Gasteiger partial charge in [-0.05, 0) is 47.0 Å². The fraction of sp³-hybridized carbons (Fsp3) is 0.160.